The first kappa shape index (κ1) is 26.7. The Morgan fingerprint density at radius 3 is 2.20 bits per heavy atom. The molecule has 1 aliphatic heterocycles. The highest BCUT2D eigenvalue weighted by molar-refractivity contribution is 9.10. The van der Waals surface area contributed by atoms with Gasteiger partial charge in [0.2, 0.25) is 0 Å². The first-order chi connectivity index (χ1) is 19.5. The summed E-state index contributed by atoms with van der Waals surface area (Å²) in [5.74, 6) is -0.224. The zero-order valence-electron chi connectivity index (χ0n) is 20.8. The second-order valence-corrected chi connectivity index (χ2v) is 11.7. The third kappa shape index (κ3) is 5.40. The predicted octanol–water partition coefficient (Wildman–Crippen LogP) is 9.77. The molecule has 0 aliphatic carbocycles. The molecule has 1 fully saturated rings. The van der Waals surface area contributed by atoms with E-state index in [0.717, 1.165) is 38.2 Å². The number of nitrogens with one attached hydrogen (secondary N) is 1. The fraction of sp³-hybridized carbons (Fsp3) is 0. The lowest BCUT2D eigenvalue weighted by molar-refractivity contribution is -0.115. The maximum absolute atomic E-state index is 13.1. The monoisotopic (exact) mass is 643 g/mol. The van der Waals surface area contributed by atoms with E-state index >= 15 is 0 Å². The van der Waals surface area contributed by atoms with Gasteiger partial charge in [0.05, 0.1) is 32.0 Å². The number of benzene rings is 4. The van der Waals surface area contributed by atoms with Gasteiger partial charge in [-0.3, -0.25) is 4.79 Å². The highest BCUT2D eigenvalue weighted by Crippen LogP contribution is 2.40. The van der Waals surface area contributed by atoms with E-state index in [9.17, 15) is 4.79 Å². The zero-order valence-corrected chi connectivity index (χ0v) is 24.7. The largest absolute Gasteiger partial charge is 0.309 e. The van der Waals surface area contributed by atoms with Crippen molar-refractivity contribution in [2.75, 3.05) is 0 Å². The SMILES string of the molecule is O=C1NC(=Nc2cccc(Cl)c2Cl)S/C1=C/c1cc(-c2ccccc2)n(-c2ccc(Br)cc2)c1-c1ccccc1. The molecule has 40 heavy (non-hydrogen) atoms. The molecule has 0 radical (unpaired) electrons. The number of hydrogen-bond donors (Lipinski definition) is 1. The smallest absolute Gasteiger partial charge is 0.264 e. The number of hydrogen-bond acceptors (Lipinski definition) is 3. The quantitative estimate of drug-likeness (QED) is 0.194. The maximum atomic E-state index is 13.1. The lowest BCUT2D eigenvalue weighted by Crippen LogP contribution is -2.19. The van der Waals surface area contributed by atoms with Crippen LogP contribution in [0.15, 0.2) is 124 Å². The third-order valence-corrected chi connectivity index (χ3v) is 8.57. The van der Waals surface area contributed by atoms with E-state index in [-0.39, 0.29) is 5.91 Å². The van der Waals surface area contributed by atoms with Gasteiger partial charge < -0.3 is 9.88 Å². The molecule has 4 aromatic carbocycles. The molecule has 1 N–H and O–H groups in total. The van der Waals surface area contributed by atoms with Crippen LogP contribution >= 0.6 is 50.9 Å². The molecule has 0 saturated carbocycles. The van der Waals surface area contributed by atoms with Gasteiger partial charge in [0.15, 0.2) is 5.17 Å². The Bertz CT molecular complexity index is 1780. The van der Waals surface area contributed by atoms with E-state index in [4.69, 9.17) is 23.2 Å². The lowest BCUT2D eigenvalue weighted by atomic mass is 10.1. The number of rotatable bonds is 5. The number of aliphatic imine (C=N–C) groups is 1. The molecular formula is C32H20BrCl2N3OS. The van der Waals surface area contributed by atoms with Crippen molar-refractivity contribution in [3.8, 4) is 28.2 Å². The van der Waals surface area contributed by atoms with E-state index in [0.29, 0.717) is 25.8 Å². The van der Waals surface area contributed by atoms with Crippen LogP contribution in [0.2, 0.25) is 10.0 Å². The van der Waals surface area contributed by atoms with Crippen LogP contribution in [0.25, 0.3) is 34.3 Å². The van der Waals surface area contributed by atoms with Crippen LogP contribution in [0, 0.1) is 0 Å². The average Bonchev–Trinajstić information content (AvgIpc) is 3.52. The van der Waals surface area contributed by atoms with Crippen molar-refractivity contribution in [1.29, 1.82) is 0 Å². The Kier molecular flexibility index (Phi) is 7.67. The fourth-order valence-corrected chi connectivity index (χ4v) is 5.95. The fourth-order valence-electron chi connectivity index (χ4n) is 4.52. The molecule has 6 rings (SSSR count). The normalized spacial score (nSPS) is 15.1. The Morgan fingerprint density at radius 1 is 0.825 bits per heavy atom. The molecule has 1 aliphatic rings. The van der Waals surface area contributed by atoms with Crippen LogP contribution in [0.3, 0.4) is 0 Å². The van der Waals surface area contributed by atoms with Gasteiger partial charge in [-0.2, -0.15) is 0 Å². The zero-order chi connectivity index (χ0) is 27.6. The number of carbonyl (C=O) groups is 1. The number of carbonyl (C=O) groups excluding carboxylic acids is 1. The Balaban J connectivity index is 1.52. The van der Waals surface area contributed by atoms with Crippen molar-refractivity contribution in [2.24, 2.45) is 4.99 Å². The highest BCUT2D eigenvalue weighted by atomic mass is 79.9. The summed E-state index contributed by atoms with van der Waals surface area (Å²) < 4.78 is 3.24. The number of halogens is 3. The van der Waals surface area contributed by atoms with Gasteiger partial charge >= 0.3 is 0 Å². The second-order valence-electron chi connectivity index (χ2n) is 8.93. The van der Waals surface area contributed by atoms with Crippen molar-refractivity contribution >= 4 is 73.7 Å². The molecule has 5 aromatic rings. The maximum Gasteiger partial charge on any atom is 0.264 e. The van der Waals surface area contributed by atoms with E-state index in [2.05, 4.69) is 73.3 Å². The molecule has 0 atom stereocenters. The summed E-state index contributed by atoms with van der Waals surface area (Å²) >= 11 is 17.3. The third-order valence-electron chi connectivity index (χ3n) is 6.32. The van der Waals surface area contributed by atoms with Gasteiger partial charge in [-0.1, -0.05) is 106 Å². The molecule has 0 bridgehead atoms. The van der Waals surface area contributed by atoms with E-state index < -0.39 is 0 Å². The van der Waals surface area contributed by atoms with Gasteiger partial charge in [0.25, 0.3) is 5.91 Å². The minimum atomic E-state index is -0.224. The number of nitrogens with zero attached hydrogens (tertiary/aromatic N) is 2. The van der Waals surface area contributed by atoms with Crippen LogP contribution in [0.1, 0.15) is 5.56 Å². The molecule has 2 heterocycles. The summed E-state index contributed by atoms with van der Waals surface area (Å²) in [6.07, 6.45) is 1.92. The Labute approximate surface area is 254 Å². The van der Waals surface area contributed by atoms with Crippen LogP contribution in [0.4, 0.5) is 5.69 Å². The highest BCUT2D eigenvalue weighted by Gasteiger charge is 2.26. The summed E-state index contributed by atoms with van der Waals surface area (Å²) in [6.45, 7) is 0. The molecule has 1 amide bonds. The van der Waals surface area contributed by atoms with Crippen molar-refractivity contribution in [3.05, 3.63) is 134 Å². The van der Waals surface area contributed by atoms with Crippen molar-refractivity contribution in [2.45, 2.75) is 0 Å². The number of aromatic nitrogens is 1. The van der Waals surface area contributed by atoms with Gasteiger partial charge in [-0.05, 0) is 71.4 Å². The number of thioether (sulfide) groups is 1. The topological polar surface area (TPSA) is 46.4 Å². The molecule has 1 aromatic heterocycles. The molecule has 0 unspecified atom stereocenters. The lowest BCUT2D eigenvalue weighted by Gasteiger charge is -2.15. The van der Waals surface area contributed by atoms with Crippen LogP contribution < -0.4 is 5.32 Å². The molecule has 196 valence electrons. The van der Waals surface area contributed by atoms with Gasteiger partial charge in [0, 0.05) is 15.7 Å². The average molecular weight is 645 g/mol. The minimum absolute atomic E-state index is 0.224. The van der Waals surface area contributed by atoms with Gasteiger partial charge in [-0.25, -0.2) is 4.99 Å². The van der Waals surface area contributed by atoms with Gasteiger partial charge in [-0.15, -0.1) is 0 Å². The summed E-state index contributed by atoms with van der Waals surface area (Å²) in [5.41, 5.74) is 6.49. The van der Waals surface area contributed by atoms with Gasteiger partial charge in [0.1, 0.15) is 0 Å². The Hall–Kier alpha value is -3.55. The van der Waals surface area contributed by atoms with E-state index in [1.807, 2.05) is 54.6 Å². The van der Waals surface area contributed by atoms with Crippen LogP contribution in [0.5, 0.6) is 0 Å². The number of amidine groups is 1. The molecule has 0 spiro atoms. The van der Waals surface area contributed by atoms with Crippen LogP contribution in [-0.2, 0) is 4.79 Å². The van der Waals surface area contributed by atoms with Crippen LogP contribution in [-0.4, -0.2) is 15.6 Å². The summed E-state index contributed by atoms with van der Waals surface area (Å²) in [4.78, 5) is 18.2. The van der Waals surface area contributed by atoms with Crippen molar-refractivity contribution in [3.63, 3.8) is 0 Å². The molecule has 8 heteroatoms. The van der Waals surface area contributed by atoms with E-state index in [1.54, 1.807) is 18.2 Å². The van der Waals surface area contributed by atoms with Crippen molar-refractivity contribution in [1.82, 2.24) is 9.88 Å². The minimum Gasteiger partial charge on any atom is -0.309 e. The number of amides is 1. The van der Waals surface area contributed by atoms with E-state index in [1.165, 1.54) is 11.8 Å². The molecule has 4 nitrogen and oxygen atoms in total. The summed E-state index contributed by atoms with van der Waals surface area (Å²) in [7, 11) is 0. The summed E-state index contributed by atoms with van der Waals surface area (Å²) in [6, 6.07) is 36.0. The predicted molar refractivity (Wildman–Crippen MR) is 172 cm³/mol. The Morgan fingerprint density at radius 2 is 1.50 bits per heavy atom. The van der Waals surface area contributed by atoms with Crippen molar-refractivity contribution < 1.29 is 4.79 Å². The first-order valence-electron chi connectivity index (χ1n) is 12.3. The first-order valence-corrected chi connectivity index (χ1v) is 14.7. The summed E-state index contributed by atoms with van der Waals surface area (Å²) in [5, 5.41) is 4.05. The molecule has 1 saturated heterocycles. The second kappa shape index (κ2) is 11.5. The standard InChI is InChI=1S/C32H20BrCl2N3OS/c33-23-14-16-24(17-15-23)38-27(20-8-3-1-4-9-20)18-22(30(38)21-10-5-2-6-11-21)19-28-31(39)37-32(40-28)36-26-13-7-12-25(34)29(26)35/h1-19H,(H,36,37,39)/b28-19+. The molecular weight excluding hydrogens is 625 g/mol.